The number of halogens is 1. The number of carbonyl (C=O) groups excluding carboxylic acids is 1. The fraction of sp³-hybridized carbons (Fsp3) is 0.481. The van der Waals surface area contributed by atoms with Gasteiger partial charge in [-0.05, 0) is 69.3 Å². The molecule has 1 aliphatic rings. The van der Waals surface area contributed by atoms with Crippen LogP contribution in [0.4, 0.5) is 5.13 Å². The van der Waals surface area contributed by atoms with E-state index in [1.807, 2.05) is 25.1 Å². The van der Waals surface area contributed by atoms with Crippen molar-refractivity contribution in [3.63, 3.8) is 0 Å². The van der Waals surface area contributed by atoms with E-state index in [2.05, 4.69) is 18.7 Å². The summed E-state index contributed by atoms with van der Waals surface area (Å²) >= 11 is 1.46. The molecule has 0 spiro atoms. The Morgan fingerprint density at radius 1 is 1.11 bits per heavy atom. The topological polar surface area (TPSA) is 83.1 Å². The van der Waals surface area contributed by atoms with Gasteiger partial charge in [0.05, 0.1) is 22.2 Å². The van der Waals surface area contributed by atoms with Gasteiger partial charge in [0.25, 0.3) is 5.91 Å². The molecule has 1 aromatic heterocycles. The van der Waals surface area contributed by atoms with Crippen LogP contribution in [0, 0.1) is 0 Å². The highest BCUT2D eigenvalue weighted by Gasteiger charge is 2.31. The van der Waals surface area contributed by atoms with Gasteiger partial charge in [-0.15, -0.1) is 12.4 Å². The lowest BCUT2D eigenvalue weighted by Gasteiger charge is -2.32. The number of hydrogen-bond acceptors (Lipinski definition) is 7. The number of amides is 1. The predicted molar refractivity (Wildman–Crippen MR) is 157 cm³/mol. The number of likely N-dealkylation sites (N-methyl/N-ethyl adjacent to an activating group) is 1. The van der Waals surface area contributed by atoms with Gasteiger partial charge in [0.15, 0.2) is 5.13 Å². The number of benzene rings is 2. The SMILES string of the molecule is CCN(CC)CCN(C(=O)c1ccc(S(=O)(=O)N2CCCCC2C)cc1)c1nc2cc(OC)ccc2s1.Cl. The molecule has 3 aromatic rings. The van der Waals surface area contributed by atoms with Gasteiger partial charge in [-0.1, -0.05) is 31.6 Å². The molecule has 0 bridgehead atoms. The van der Waals surface area contributed by atoms with Crippen LogP contribution in [0.25, 0.3) is 10.2 Å². The van der Waals surface area contributed by atoms with Crippen molar-refractivity contribution in [1.29, 1.82) is 0 Å². The van der Waals surface area contributed by atoms with E-state index >= 15 is 0 Å². The van der Waals surface area contributed by atoms with E-state index in [-0.39, 0.29) is 29.3 Å². The number of sulfonamides is 1. The number of piperidine rings is 1. The Labute approximate surface area is 236 Å². The second kappa shape index (κ2) is 13.2. The van der Waals surface area contributed by atoms with Crippen LogP contribution in [0.15, 0.2) is 47.4 Å². The van der Waals surface area contributed by atoms with Crippen molar-refractivity contribution in [2.75, 3.05) is 44.7 Å². The van der Waals surface area contributed by atoms with Crippen LogP contribution in [0.3, 0.4) is 0 Å². The quantitative estimate of drug-likeness (QED) is 0.324. The van der Waals surface area contributed by atoms with Crippen molar-refractivity contribution < 1.29 is 17.9 Å². The zero-order valence-corrected chi connectivity index (χ0v) is 24.9. The van der Waals surface area contributed by atoms with Crippen molar-refractivity contribution in [2.24, 2.45) is 0 Å². The first-order chi connectivity index (χ1) is 17.8. The molecule has 0 aliphatic carbocycles. The first-order valence-electron chi connectivity index (χ1n) is 12.9. The smallest absolute Gasteiger partial charge is 0.260 e. The maximum atomic E-state index is 13.7. The Morgan fingerprint density at radius 2 is 1.82 bits per heavy atom. The zero-order chi connectivity index (χ0) is 26.6. The molecule has 11 heteroatoms. The number of ether oxygens (including phenoxy) is 1. The maximum Gasteiger partial charge on any atom is 0.260 e. The van der Waals surface area contributed by atoms with Crippen LogP contribution in [0.2, 0.25) is 0 Å². The second-order valence-electron chi connectivity index (χ2n) is 9.30. The molecule has 1 amide bonds. The third-order valence-corrected chi connectivity index (χ3v) is 10.1. The third-order valence-electron chi connectivity index (χ3n) is 7.04. The highest BCUT2D eigenvalue weighted by Crippen LogP contribution is 2.32. The van der Waals surface area contributed by atoms with E-state index in [0.717, 1.165) is 42.6 Å². The number of anilines is 1. The molecule has 1 unspecified atom stereocenters. The number of methoxy groups -OCH3 is 1. The Hall–Kier alpha value is -2.24. The van der Waals surface area contributed by atoms with Crippen LogP contribution in [-0.2, 0) is 10.0 Å². The molecule has 0 N–H and O–H groups in total. The number of aromatic nitrogens is 1. The summed E-state index contributed by atoms with van der Waals surface area (Å²) in [6.45, 7) is 9.64. The molecular weight excluding hydrogens is 544 g/mol. The molecule has 8 nitrogen and oxygen atoms in total. The minimum absolute atomic E-state index is 0. The minimum atomic E-state index is -3.60. The molecule has 38 heavy (non-hydrogen) atoms. The molecule has 1 aliphatic heterocycles. The average molecular weight is 581 g/mol. The summed E-state index contributed by atoms with van der Waals surface area (Å²) in [4.78, 5) is 22.7. The fourth-order valence-corrected chi connectivity index (χ4v) is 7.36. The van der Waals surface area contributed by atoms with Crippen LogP contribution in [0.5, 0.6) is 5.75 Å². The van der Waals surface area contributed by atoms with Gasteiger partial charge in [-0.25, -0.2) is 13.4 Å². The van der Waals surface area contributed by atoms with Crippen molar-refractivity contribution >= 4 is 55.0 Å². The summed E-state index contributed by atoms with van der Waals surface area (Å²) in [6, 6.07) is 12.0. The predicted octanol–water partition coefficient (Wildman–Crippen LogP) is 5.28. The van der Waals surface area contributed by atoms with Crippen LogP contribution < -0.4 is 9.64 Å². The normalized spacial score (nSPS) is 16.4. The standard InChI is InChI=1S/C27H36N4O4S2.ClH/c1-5-29(6-2)17-18-30(27-28-24-19-22(35-4)12-15-25(24)36-27)26(32)21-10-13-23(14-11-21)37(33,34)31-16-8-7-9-20(31)3;/h10-15,19-20H,5-9,16-18H2,1-4H3;1H. The third kappa shape index (κ3) is 6.48. The summed E-state index contributed by atoms with van der Waals surface area (Å²) in [7, 11) is -1.98. The van der Waals surface area contributed by atoms with Crippen LogP contribution in [-0.4, -0.2) is 74.4 Å². The van der Waals surface area contributed by atoms with Gasteiger partial charge in [-0.3, -0.25) is 9.69 Å². The Bertz CT molecular complexity index is 1330. The van der Waals surface area contributed by atoms with Gasteiger partial charge in [0.1, 0.15) is 5.75 Å². The molecule has 1 atom stereocenters. The minimum Gasteiger partial charge on any atom is -0.497 e. The van der Waals surface area contributed by atoms with Crippen LogP contribution >= 0.6 is 23.7 Å². The van der Waals surface area contributed by atoms with E-state index in [9.17, 15) is 13.2 Å². The molecule has 2 aromatic carbocycles. The number of nitrogens with zero attached hydrogens (tertiary/aromatic N) is 4. The summed E-state index contributed by atoms with van der Waals surface area (Å²) in [6.07, 6.45) is 2.78. The maximum absolute atomic E-state index is 13.7. The molecule has 0 radical (unpaired) electrons. The molecule has 1 fully saturated rings. The van der Waals surface area contributed by atoms with E-state index in [1.54, 1.807) is 40.6 Å². The molecule has 208 valence electrons. The Morgan fingerprint density at radius 3 is 2.45 bits per heavy atom. The van der Waals surface area contributed by atoms with Crippen molar-refractivity contribution in [3.8, 4) is 5.75 Å². The summed E-state index contributed by atoms with van der Waals surface area (Å²) in [5.74, 6) is 0.513. The molecule has 1 saturated heterocycles. The largest absolute Gasteiger partial charge is 0.497 e. The van der Waals surface area contributed by atoms with Gasteiger partial charge in [-0.2, -0.15) is 4.31 Å². The number of hydrogen-bond donors (Lipinski definition) is 0. The van der Waals surface area contributed by atoms with E-state index in [4.69, 9.17) is 9.72 Å². The molecular formula is C27H37ClN4O4S2. The van der Waals surface area contributed by atoms with Gasteiger partial charge in [0, 0.05) is 37.3 Å². The average Bonchev–Trinajstić information content (AvgIpc) is 3.34. The van der Waals surface area contributed by atoms with Crippen LogP contribution in [0.1, 0.15) is 50.4 Å². The number of thiazole rings is 1. The van der Waals surface area contributed by atoms with E-state index < -0.39 is 10.0 Å². The molecule has 2 heterocycles. The van der Waals surface area contributed by atoms with Crippen molar-refractivity contribution in [3.05, 3.63) is 48.0 Å². The second-order valence-corrected chi connectivity index (χ2v) is 12.2. The first-order valence-corrected chi connectivity index (χ1v) is 15.1. The highest BCUT2D eigenvalue weighted by atomic mass is 35.5. The van der Waals surface area contributed by atoms with Gasteiger partial charge in [0.2, 0.25) is 10.0 Å². The van der Waals surface area contributed by atoms with Gasteiger partial charge >= 0.3 is 0 Å². The molecule has 4 rings (SSSR count). The van der Waals surface area contributed by atoms with E-state index in [1.165, 1.54) is 11.3 Å². The number of fused-ring (bicyclic) bond motifs is 1. The van der Waals surface area contributed by atoms with Crippen molar-refractivity contribution in [2.45, 2.75) is 51.0 Å². The summed E-state index contributed by atoms with van der Waals surface area (Å²) in [5.41, 5.74) is 1.21. The first kappa shape index (κ1) is 30.3. The summed E-state index contributed by atoms with van der Waals surface area (Å²) in [5, 5.41) is 0.610. The lowest BCUT2D eigenvalue weighted by atomic mass is 10.1. The number of carbonyl (C=O) groups is 1. The fourth-order valence-electron chi connectivity index (χ4n) is 4.69. The highest BCUT2D eigenvalue weighted by molar-refractivity contribution is 7.89. The zero-order valence-electron chi connectivity index (χ0n) is 22.4. The Balaban J connectivity index is 0.00000400. The lowest BCUT2D eigenvalue weighted by Crippen LogP contribution is -2.42. The Kier molecular flexibility index (Phi) is 10.5. The lowest BCUT2D eigenvalue weighted by molar-refractivity contribution is 0.0983. The van der Waals surface area contributed by atoms with E-state index in [0.29, 0.717) is 36.1 Å². The number of rotatable bonds is 10. The van der Waals surface area contributed by atoms with Gasteiger partial charge < -0.3 is 9.64 Å². The summed E-state index contributed by atoms with van der Waals surface area (Å²) < 4.78 is 34.4. The monoisotopic (exact) mass is 580 g/mol. The molecule has 0 saturated carbocycles. The van der Waals surface area contributed by atoms with Crippen molar-refractivity contribution in [1.82, 2.24) is 14.2 Å².